The molecule has 184 valence electrons. The molecule has 1 spiro atoms. The summed E-state index contributed by atoms with van der Waals surface area (Å²) in [5.41, 5.74) is 12.4. The first-order valence-corrected chi connectivity index (χ1v) is 13.5. The molecule has 8 rings (SSSR count). The molecule has 5 aromatic carbocycles. The lowest BCUT2D eigenvalue weighted by molar-refractivity contribution is 0.742. The predicted octanol–water partition coefficient (Wildman–Crippen LogP) is 8.85. The number of benzene rings is 5. The van der Waals surface area contributed by atoms with Gasteiger partial charge in [-0.2, -0.15) is 0 Å². The largest absolute Gasteiger partial charge is 0.309 e. The summed E-state index contributed by atoms with van der Waals surface area (Å²) in [5, 5.41) is 2.55. The van der Waals surface area contributed by atoms with Gasteiger partial charge in [-0.15, -0.1) is 0 Å². The molecule has 1 atom stereocenters. The maximum absolute atomic E-state index is 5.34. The Bertz CT molecular complexity index is 2040. The van der Waals surface area contributed by atoms with Crippen LogP contribution in [0.3, 0.4) is 0 Å². The van der Waals surface area contributed by atoms with Crippen LogP contribution in [0.15, 0.2) is 145 Å². The van der Waals surface area contributed by atoms with E-state index in [9.17, 15) is 0 Å². The number of para-hydroxylation sites is 3. The van der Waals surface area contributed by atoms with Crippen LogP contribution in [0.5, 0.6) is 0 Å². The zero-order chi connectivity index (χ0) is 26.1. The molecule has 2 heterocycles. The van der Waals surface area contributed by atoms with Gasteiger partial charge in [0.15, 0.2) is 0 Å². The Morgan fingerprint density at radius 2 is 1.36 bits per heavy atom. The van der Waals surface area contributed by atoms with Crippen LogP contribution in [0, 0.1) is 0 Å². The molecule has 1 aromatic heterocycles. The molecular weight excluding hydrogens is 472 g/mol. The number of rotatable bonds is 3. The standard InChI is InChI=1S/C37H26N2/c1-3-29-35(38-24(2)25-14-5-4-6-15-25)28-17-7-9-19-30(28)37(29)31-20-10-12-23-34(31)39-33-22-11-8-16-26(33)27-18-13-21-32(37)36(27)39/h3-23H,1H2,2H3/b38-24+. The lowest BCUT2D eigenvalue weighted by Crippen LogP contribution is -2.34. The summed E-state index contributed by atoms with van der Waals surface area (Å²) in [6, 6.07) is 43.6. The van der Waals surface area contributed by atoms with Gasteiger partial charge in [-0.3, -0.25) is 4.99 Å². The van der Waals surface area contributed by atoms with Crippen LogP contribution in [0.25, 0.3) is 33.2 Å². The molecule has 1 aliphatic carbocycles. The Morgan fingerprint density at radius 1 is 0.692 bits per heavy atom. The third kappa shape index (κ3) is 2.73. The van der Waals surface area contributed by atoms with Gasteiger partial charge < -0.3 is 4.57 Å². The van der Waals surface area contributed by atoms with Crippen molar-refractivity contribution < 1.29 is 0 Å². The lowest BCUT2D eigenvalue weighted by Gasteiger charge is -2.40. The third-order valence-corrected chi connectivity index (χ3v) is 8.57. The summed E-state index contributed by atoms with van der Waals surface area (Å²) in [7, 11) is 0. The van der Waals surface area contributed by atoms with Crippen LogP contribution in [0.2, 0.25) is 0 Å². The van der Waals surface area contributed by atoms with Crippen molar-refractivity contribution in [2.24, 2.45) is 4.99 Å². The zero-order valence-electron chi connectivity index (χ0n) is 21.7. The maximum atomic E-state index is 5.34. The smallest absolute Gasteiger partial charge is 0.0770 e. The van der Waals surface area contributed by atoms with Crippen molar-refractivity contribution >= 4 is 33.2 Å². The number of aromatic nitrogens is 1. The van der Waals surface area contributed by atoms with Crippen molar-refractivity contribution in [2.75, 3.05) is 0 Å². The first-order chi connectivity index (χ1) is 19.2. The van der Waals surface area contributed by atoms with Crippen LogP contribution in [-0.2, 0) is 5.41 Å². The van der Waals surface area contributed by atoms with Crippen molar-refractivity contribution in [3.8, 4) is 5.69 Å². The van der Waals surface area contributed by atoms with E-state index in [1.165, 1.54) is 49.7 Å². The normalized spacial score (nSPS) is 17.6. The SMILES string of the molecule is C=CC1=C(/N=C(\C)c2ccccc2)c2ccccc2C12c1ccccc1-n1c3ccccc3c3cccc2c31. The zero-order valence-corrected chi connectivity index (χ0v) is 21.7. The summed E-state index contributed by atoms with van der Waals surface area (Å²) in [4.78, 5) is 5.34. The van der Waals surface area contributed by atoms with Crippen molar-refractivity contribution in [3.63, 3.8) is 0 Å². The van der Waals surface area contributed by atoms with Crippen LogP contribution in [0.1, 0.15) is 34.7 Å². The number of nitrogens with zero attached hydrogens (tertiary/aromatic N) is 2. The number of fused-ring (bicyclic) bond motifs is 9. The van der Waals surface area contributed by atoms with E-state index in [0.29, 0.717) is 0 Å². The summed E-state index contributed by atoms with van der Waals surface area (Å²) in [6.45, 7) is 6.51. The van der Waals surface area contributed by atoms with Gasteiger partial charge in [-0.25, -0.2) is 0 Å². The van der Waals surface area contributed by atoms with E-state index in [1.54, 1.807) is 0 Å². The third-order valence-electron chi connectivity index (χ3n) is 8.57. The highest BCUT2D eigenvalue weighted by Gasteiger charge is 2.51. The van der Waals surface area contributed by atoms with Gasteiger partial charge in [-0.1, -0.05) is 122 Å². The Labute approximate surface area is 227 Å². The van der Waals surface area contributed by atoms with Crippen LogP contribution >= 0.6 is 0 Å². The first kappa shape index (κ1) is 22.1. The molecular formula is C37H26N2. The molecule has 0 radical (unpaired) electrons. The molecule has 0 amide bonds. The summed E-state index contributed by atoms with van der Waals surface area (Å²) < 4.78 is 2.46. The second kappa shape index (κ2) is 8.02. The number of aliphatic imine (C=N–C) groups is 1. The summed E-state index contributed by atoms with van der Waals surface area (Å²) in [6.07, 6.45) is 2.05. The number of hydrogen-bond acceptors (Lipinski definition) is 1. The van der Waals surface area contributed by atoms with Crippen LogP contribution in [0.4, 0.5) is 0 Å². The fourth-order valence-electron chi connectivity index (χ4n) is 7.05. The average Bonchev–Trinajstić information content (AvgIpc) is 3.48. The van der Waals surface area contributed by atoms with Gasteiger partial charge in [0.1, 0.15) is 0 Å². The fraction of sp³-hybridized carbons (Fsp3) is 0.0541. The molecule has 39 heavy (non-hydrogen) atoms. The van der Waals surface area contributed by atoms with E-state index < -0.39 is 5.41 Å². The van der Waals surface area contributed by atoms with Gasteiger partial charge in [0, 0.05) is 22.0 Å². The quantitative estimate of drug-likeness (QED) is 0.217. The maximum Gasteiger partial charge on any atom is 0.0770 e. The molecule has 2 nitrogen and oxygen atoms in total. The second-order valence-electron chi connectivity index (χ2n) is 10.4. The fourth-order valence-corrected chi connectivity index (χ4v) is 7.05. The molecule has 1 unspecified atom stereocenters. The van der Waals surface area contributed by atoms with Gasteiger partial charge in [-0.05, 0) is 46.9 Å². The van der Waals surface area contributed by atoms with E-state index in [1.807, 2.05) is 12.1 Å². The average molecular weight is 499 g/mol. The van der Waals surface area contributed by atoms with E-state index >= 15 is 0 Å². The van der Waals surface area contributed by atoms with Gasteiger partial charge >= 0.3 is 0 Å². The minimum Gasteiger partial charge on any atom is -0.309 e. The Morgan fingerprint density at radius 3 is 2.21 bits per heavy atom. The van der Waals surface area contributed by atoms with Crippen molar-refractivity contribution in [2.45, 2.75) is 12.3 Å². The minimum atomic E-state index is -0.519. The van der Waals surface area contributed by atoms with Crippen molar-refractivity contribution in [1.82, 2.24) is 4.57 Å². The van der Waals surface area contributed by atoms with E-state index in [4.69, 9.17) is 4.99 Å². The summed E-state index contributed by atoms with van der Waals surface area (Å²) >= 11 is 0. The summed E-state index contributed by atoms with van der Waals surface area (Å²) in [5.74, 6) is 0. The Balaban J connectivity index is 1.57. The monoisotopic (exact) mass is 498 g/mol. The van der Waals surface area contributed by atoms with Crippen molar-refractivity contribution in [3.05, 3.63) is 167 Å². The second-order valence-corrected chi connectivity index (χ2v) is 10.4. The molecule has 0 saturated carbocycles. The van der Waals surface area contributed by atoms with Gasteiger partial charge in [0.25, 0.3) is 0 Å². The highest BCUT2D eigenvalue weighted by molar-refractivity contribution is 6.13. The Hall–Kier alpha value is -4.95. The molecule has 2 heteroatoms. The molecule has 0 N–H and O–H groups in total. The molecule has 6 aromatic rings. The van der Waals surface area contributed by atoms with Gasteiger partial charge in [0.05, 0.1) is 27.8 Å². The molecule has 1 aliphatic heterocycles. The molecule has 0 fully saturated rings. The number of allylic oxidation sites excluding steroid dienone is 2. The number of hydrogen-bond donors (Lipinski definition) is 0. The minimum absolute atomic E-state index is 0.519. The van der Waals surface area contributed by atoms with E-state index in [2.05, 4.69) is 133 Å². The lowest BCUT2D eigenvalue weighted by atomic mass is 9.64. The topological polar surface area (TPSA) is 17.3 Å². The molecule has 2 aliphatic rings. The van der Waals surface area contributed by atoms with Crippen molar-refractivity contribution in [1.29, 1.82) is 0 Å². The predicted molar refractivity (Wildman–Crippen MR) is 163 cm³/mol. The first-order valence-electron chi connectivity index (χ1n) is 13.5. The van der Waals surface area contributed by atoms with Crippen LogP contribution < -0.4 is 0 Å². The van der Waals surface area contributed by atoms with E-state index in [0.717, 1.165) is 22.5 Å². The Kier molecular flexibility index (Phi) is 4.54. The molecule has 0 bridgehead atoms. The van der Waals surface area contributed by atoms with Crippen LogP contribution in [-0.4, -0.2) is 10.3 Å². The van der Waals surface area contributed by atoms with Gasteiger partial charge in [0.2, 0.25) is 0 Å². The molecule has 0 saturated heterocycles. The highest BCUT2D eigenvalue weighted by atomic mass is 15.0. The highest BCUT2D eigenvalue weighted by Crippen LogP contribution is 2.60. The van der Waals surface area contributed by atoms with E-state index in [-0.39, 0.29) is 0 Å².